The van der Waals surface area contributed by atoms with E-state index in [0.717, 1.165) is 13.0 Å². The van der Waals surface area contributed by atoms with Crippen LogP contribution >= 0.6 is 0 Å². The summed E-state index contributed by atoms with van der Waals surface area (Å²) in [5.74, 6) is 0.245. The first-order valence-corrected chi connectivity index (χ1v) is 5.72. The van der Waals surface area contributed by atoms with Crippen molar-refractivity contribution >= 4 is 0 Å². The zero-order chi connectivity index (χ0) is 11.6. The Labute approximate surface area is 97.6 Å². The van der Waals surface area contributed by atoms with Gasteiger partial charge >= 0.3 is 0 Å². The summed E-state index contributed by atoms with van der Waals surface area (Å²) in [5.41, 5.74) is 1.20. The third kappa shape index (κ3) is 5.69. The minimum atomic E-state index is 0.210. The van der Waals surface area contributed by atoms with E-state index in [2.05, 4.69) is 18.2 Å². The zero-order valence-corrected chi connectivity index (χ0v) is 9.80. The largest absolute Gasteiger partial charge is 0.396 e. The maximum absolute atomic E-state index is 8.80. The molecule has 16 heavy (non-hydrogen) atoms. The lowest BCUT2D eigenvalue weighted by Gasteiger charge is -2.02. The monoisotopic (exact) mass is 220 g/mol. The van der Waals surface area contributed by atoms with Crippen molar-refractivity contribution in [2.24, 2.45) is 5.92 Å². The molecule has 0 aromatic heterocycles. The molecule has 0 radical (unpaired) electrons. The fourth-order valence-corrected chi connectivity index (χ4v) is 1.31. The highest BCUT2D eigenvalue weighted by molar-refractivity contribution is 5.13. The first kappa shape index (κ1) is 12.9. The van der Waals surface area contributed by atoms with Crippen LogP contribution < -0.4 is 0 Å². The number of aliphatic hydroxyl groups excluding tert-OH is 1. The molecular weight excluding hydrogens is 200 g/mol. The molecule has 0 fully saturated rings. The van der Waals surface area contributed by atoms with Crippen LogP contribution in [-0.2, 0) is 11.3 Å². The van der Waals surface area contributed by atoms with Crippen molar-refractivity contribution < 1.29 is 9.84 Å². The molecule has 1 atom stereocenters. The molecule has 1 N–H and O–H groups in total. The van der Waals surface area contributed by atoms with Gasteiger partial charge in [0.15, 0.2) is 0 Å². The lowest BCUT2D eigenvalue weighted by Crippen LogP contribution is -1.96. The Hall–Kier alpha value is -1.12. The van der Waals surface area contributed by atoms with E-state index >= 15 is 0 Å². The SMILES string of the molecule is CC(/C=C\CCOCc1ccccc1)CO. The highest BCUT2D eigenvalue weighted by Gasteiger charge is 1.92. The van der Waals surface area contributed by atoms with Gasteiger partial charge in [0.25, 0.3) is 0 Å². The minimum Gasteiger partial charge on any atom is -0.396 e. The molecule has 0 aliphatic heterocycles. The Balaban J connectivity index is 2.06. The first-order valence-electron chi connectivity index (χ1n) is 5.72. The smallest absolute Gasteiger partial charge is 0.0717 e. The van der Waals surface area contributed by atoms with E-state index in [1.165, 1.54) is 5.56 Å². The lowest BCUT2D eigenvalue weighted by molar-refractivity contribution is 0.125. The summed E-state index contributed by atoms with van der Waals surface area (Å²) in [6, 6.07) is 10.2. The van der Waals surface area contributed by atoms with Gasteiger partial charge in [0.05, 0.1) is 13.2 Å². The van der Waals surface area contributed by atoms with E-state index in [0.29, 0.717) is 6.61 Å². The molecule has 0 spiro atoms. The van der Waals surface area contributed by atoms with E-state index in [-0.39, 0.29) is 12.5 Å². The molecular formula is C14H20O2. The quantitative estimate of drug-likeness (QED) is 0.565. The topological polar surface area (TPSA) is 29.5 Å². The van der Waals surface area contributed by atoms with Gasteiger partial charge in [-0.1, -0.05) is 49.4 Å². The average Bonchev–Trinajstić information content (AvgIpc) is 2.34. The molecule has 0 saturated heterocycles. The van der Waals surface area contributed by atoms with Gasteiger partial charge in [0.1, 0.15) is 0 Å². The van der Waals surface area contributed by atoms with Crippen LogP contribution in [0.15, 0.2) is 42.5 Å². The maximum atomic E-state index is 8.80. The van der Waals surface area contributed by atoms with Crippen molar-refractivity contribution in [3.8, 4) is 0 Å². The number of rotatable bonds is 7. The maximum Gasteiger partial charge on any atom is 0.0717 e. The van der Waals surface area contributed by atoms with Crippen LogP contribution in [0.5, 0.6) is 0 Å². The molecule has 1 rings (SSSR count). The molecule has 1 aromatic carbocycles. The Bertz CT molecular complexity index is 293. The van der Waals surface area contributed by atoms with Crippen LogP contribution in [0.3, 0.4) is 0 Å². The predicted octanol–water partition coefficient (Wildman–Crippen LogP) is 2.78. The summed E-state index contributed by atoms with van der Waals surface area (Å²) in [7, 11) is 0. The highest BCUT2D eigenvalue weighted by atomic mass is 16.5. The fourth-order valence-electron chi connectivity index (χ4n) is 1.31. The van der Waals surface area contributed by atoms with Crippen LogP contribution in [-0.4, -0.2) is 18.3 Å². The van der Waals surface area contributed by atoms with Gasteiger partial charge in [-0.2, -0.15) is 0 Å². The summed E-state index contributed by atoms with van der Waals surface area (Å²) in [4.78, 5) is 0. The fraction of sp³-hybridized carbons (Fsp3) is 0.429. The van der Waals surface area contributed by atoms with Gasteiger partial charge in [0.2, 0.25) is 0 Å². The zero-order valence-electron chi connectivity index (χ0n) is 9.80. The van der Waals surface area contributed by atoms with E-state index in [4.69, 9.17) is 9.84 Å². The van der Waals surface area contributed by atoms with Crippen molar-refractivity contribution in [3.63, 3.8) is 0 Å². The summed E-state index contributed by atoms with van der Waals surface area (Å²) in [6.45, 7) is 3.59. The number of hydrogen-bond donors (Lipinski definition) is 1. The molecule has 2 nitrogen and oxygen atoms in total. The van der Waals surface area contributed by atoms with E-state index < -0.39 is 0 Å². The predicted molar refractivity (Wildman–Crippen MR) is 66.1 cm³/mol. The van der Waals surface area contributed by atoms with E-state index in [1.54, 1.807) is 0 Å². The molecule has 2 heteroatoms. The van der Waals surface area contributed by atoms with Crippen molar-refractivity contribution in [1.82, 2.24) is 0 Å². The van der Waals surface area contributed by atoms with Gasteiger partial charge in [-0.3, -0.25) is 0 Å². The van der Waals surface area contributed by atoms with Crippen LogP contribution in [0, 0.1) is 5.92 Å². The van der Waals surface area contributed by atoms with Crippen LogP contribution in [0.25, 0.3) is 0 Å². The molecule has 0 aliphatic carbocycles. The number of hydrogen-bond acceptors (Lipinski definition) is 2. The van der Waals surface area contributed by atoms with Gasteiger partial charge in [0, 0.05) is 6.61 Å². The molecule has 1 unspecified atom stereocenters. The average molecular weight is 220 g/mol. The normalized spacial score (nSPS) is 13.1. The van der Waals surface area contributed by atoms with E-state index in [9.17, 15) is 0 Å². The van der Waals surface area contributed by atoms with Gasteiger partial charge in [-0.15, -0.1) is 0 Å². The number of ether oxygens (including phenoxy) is 1. The standard InChI is InChI=1S/C14H20O2/c1-13(11-15)7-5-6-10-16-12-14-8-3-2-4-9-14/h2-5,7-9,13,15H,6,10-12H2,1H3/b7-5-. The van der Waals surface area contributed by atoms with Crippen molar-refractivity contribution in [2.45, 2.75) is 20.0 Å². The van der Waals surface area contributed by atoms with Crippen molar-refractivity contribution in [2.75, 3.05) is 13.2 Å². The van der Waals surface area contributed by atoms with Gasteiger partial charge in [-0.05, 0) is 17.9 Å². The number of aliphatic hydroxyl groups is 1. The summed E-state index contributed by atoms with van der Waals surface area (Å²) < 4.78 is 5.52. The molecule has 0 bridgehead atoms. The Morgan fingerprint density at radius 2 is 2.06 bits per heavy atom. The number of benzene rings is 1. The minimum absolute atomic E-state index is 0.210. The summed E-state index contributed by atoms with van der Waals surface area (Å²) >= 11 is 0. The molecule has 0 amide bonds. The van der Waals surface area contributed by atoms with Crippen LogP contribution in [0.1, 0.15) is 18.9 Å². The summed E-state index contributed by atoms with van der Waals surface area (Å²) in [5, 5.41) is 8.80. The molecule has 88 valence electrons. The lowest BCUT2D eigenvalue weighted by atomic mass is 10.2. The second kappa shape index (κ2) is 8.08. The molecule has 1 aromatic rings. The third-order valence-corrected chi connectivity index (χ3v) is 2.29. The Morgan fingerprint density at radius 3 is 2.75 bits per heavy atom. The first-order chi connectivity index (χ1) is 7.83. The summed E-state index contributed by atoms with van der Waals surface area (Å²) in [6.07, 6.45) is 4.98. The van der Waals surface area contributed by atoms with Crippen molar-refractivity contribution in [1.29, 1.82) is 0 Å². The van der Waals surface area contributed by atoms with Gasteiger partial charge < -0.3 is 9.84 Å². The molecule has 0 saturated carbocycles. The second-order valence-corrected chi connectivity index (χ2v) is 3.91. The Kier molecular flexibility index (Phi) is 6.54. The second-order valence-electron chi connectivity index (χ2n) is 3.91. The third-order valence-electron chi connectivity index (χ3n) is 2.29. The Morgan fingerprint density at radius 1 is 1.31 bits per heavy atom. The van der Waals surface area contributed by atoms with Crippen LogP contribution in [0.4, 0.5) is 0 Å². The van der Waals surface area contributed by atoms with Crippen molar-refractivity contribution in [3.05, 3.63) is 48.0 Å². The molecule has 0 heterocycles. The molecule has 0 aliphatic rings. The highest BCUT2D eigenvalue weighted by Crippen LogP contribution is 2.01. The van der Waals surface area contributed by atoms with Gasteiger partial charge in [-0.25, -0.2) is 0 Å². The van der Waals surface area contributed by atoms with Crippen LogP contribution in [0.2, 0.25) is 0 Å². The van der Waals surface area contributed by atoms with E-state index in [1.807, 2.05) is 31.2 Å².